The normalized spacial score (nSPS) is 26.2. The molecule has 0 aromatic carbocycles. The summed E-state index contributed by atoms with van der Waals surface area (Å²) in [7, 11) is 0. The molecule has 0 aliphatic carbocycles. The summed E-state index contributed by atoms with van der Waals surface area (Å²) in [4.78, 5) is 23.0. The highest BCUT2D eigenvalue weighted by atomic mass is 16.6. The van der Waals surface area contributed by atoms with E-state index in [4.69, 9.17) is 9.84 Å². The fourth-order valence-corrected chi connectivity index (χ4v) is 2.72. The largest absolute Gasteiger partial charge is 0.481 e. The van der Waals surface area contributed by atoms with Gasteiger partial charge in [-0.05, 0) is 6.42 Å². The molecule has 11 heteroatoms. The molecule has 0 radical (unpaired) electrons. The number of carboxylic acids is 1. The number of aromatic nitrogens is 4. The summed E-state index contributed by atoms with van der Waals surface area (Å²) < 4.78 is 6.94. The first-order chi connectivity index (χ1) is 12.0. The van der Waals surface area contributed by atoms with Crippen molar-refractivity contribution in [1.82, 2.24) is 19.5 Å². The zero-order valence-electron chi connectivity index (χ0n) is 13.2. The summed E-state index contributed by atoms with van der Waals surface area (Å²) in [6.45, 7) is -0.0220. The van der Waals surface area contributed by atoms with Gasteiger partial charge in [0.25, 0.3) is 0 Å². The number of imidazole rings is 1. The van der Waals surface area contributed by atoms with Crippen LogP contribution in [0, 0.1) is 0 Å². The van der Waals surface area contributed by atoms with Crippen LogP contribution >= 0.6 is 0 Å². The van der Waals surface area contributed by atoms with Crippen LogP contribution in [0.5, 0.6) is 0 Å². The van der Waals surface area contributed by atoms with Crippen molar-refractivity contribution in [3.63, 3.8) is 0 Å². The van der Waals surface area contributed by atoms with Gasteiger partial charge >= 0.3 is 5.97 Å². The van der Waals surface area contributed by atoms with Gasteiger partial charge in [-0.2, -0.15) is 0 Å². The van der Waals surface area contributed by atoms with Gasteiger partial charge in [-0.25, -0.2) is 15.0 Å². The summed E-state index contributed by atoms with van der Waals surface area (Å²) >= 11 is 0. The molecule has 4 unspecified atom stereocenters. The molecule has 2 aromatic rings. The number of anilines is 1. The zero-order valence-corrected chi connectivity index (χ0v) is 13.2. The molecular formula is C14H19N5O6. The van der Waals surface area contributed by atoms with E-state index in [0.29, 0.717) is 29.9 Å². The lowest BCUT2D eigenvalue weighted by Gasteiger charge is -2.16. The monoisotopic (exact) mass is 353 g/mol. The van der Waals surface area contributed by atoms with Gasteiger partial charge in [0.2, 0.25) is 0 Å². The standard InChI is InChI=1S/C14H19N5O6/c20-4-7-10(23)11(24)14(25-7)19-6-18-9-12(16-5-17-13(9)19)15-3-1-2-8(21)22/h5-7,10-11,14,20,23-24H,1-4H2,(H,21,22)(H,15,16,17). The van der Waals surface area contributed by atoms with Crippen LogP contribution in [0.15, 0.2) is 12.7 Å². The van der Waals surface area contributed by atoms with E-state index in [0.717, 1.165) is 0 Å². The van der Waals surface area contributed by atoms with Gasteiger partial charge in [-0.1, -0.05) is 0 Å². The Hall–Kier alpha value is -2.34. The Morgan fingerprint density at radius 1 is 1.28 bits per heavy atom. The minimum Gasteiger partial charge on any atom is -0.481 e. The van der Waals surface area contributed by atoms with Crippen molar-refractivity contribution >= 4 is 23.0 Å². The predicted octanol–water partition coefficient (Wildman–Crippen LogP) is -1.29. The third-order valence-electron chi connectivity index (χ3n) is 4.01. The number of hydrogen-bond donors (Lipinski definition) is 5. The molecule has 11 nitrogen and oxygen atoms in total. The number of fused-ring (bicyclic) bond motifs is 1. The molecule has 0 saturated carbocycles. The van der Waals surface area contributed by atoms with Crippen LogP contribution in [0.25, 0.3) is 11.2 Å². The Kier molecular flexibility index (Phi) is 5.08. The van der Waals surface area contributed by atoms with E-state index in [1.807, 2.05) is 0 Å². The third kappa shape index (κ3) is 3.39. The number of rotatable bonds is 7. The average Bonchev–Trinajstić information content (AvgIpc) is 3.14. The van der Waals surface area contributed by atoms with Gasteiger partial charge in [0.05, 0.1) is 12.9 Å². The number of aliphatic hydroxyl groups is 3. The second kappa shape index (κ2) is 7.27. The van der Waals surface area contributed by atoms with Crippen LogP contribution in [0.3, 0.4) is 0 Å². The molecule has 25 heavy (non-hydrogen) atoms. The minimum absolute atomic E-state index is 0.0399. The lowest BCUT2D eigenvalue weighted by molar-refractivity contribution is -0.137. The highest BCUT2D eigenvalue weighted by Crippen LogP contribution is 2.31. The van der Waals surface area contributed by atoms with Crippen LogP contribution in [0.2, 0.25) is 0 Å². The lowest BCUT2D eigenvalue weighted by Crippen LogP contribution is -2.33. The highest BCUT2D eigenvalue weighted by Gasteiger charge is 2.44. The molecule has 3 rings (SSSR count). The van der Waals surface area contributed by atoms with Crippen molar-refractivity contribution in [2.24, 2.45) is 0 Å². The number of aliphatic carboxylic acids is 1. The number of nitrogens with zero attached hydrogens (tertiary/aromatic N) is 4. The first kappa shape index (κ1) is 17.5. The topological polar surface area (TPSA) is 163 Å². The maximum Gasteiger partial charge on any atom is 0.303 e. The molecule has 0 bridgehead atoms. The van der Waals surface area contributed by atoms with Gasteiger partial charge in [0.1, 0.15) is 24.6 Å². The Morgan fingerprint density at radius 3 is 2.76 bits per heavy atom. The molecule has 5 N–H and O–H groups in total. The maximum atomic E-state index is 10.5. The van der Waals surface area contributed by atoms with E-state index in [1.54, 1.807) is 0 Å². The Labute approximate surface area is 141 Å². The number of hydrogen-bond acceptors (Lipinski definition) is 9. The first-order valence-electron chi connectivity index (χ1n) is 7.78. The number of aliphatic hydroxyl groups excluding tert-OH is 3. The molecule has 3 heterocycles. The molecule has 4 atom stereocenters. The van der Waals surface area contributed by atoms with Crippen molar-refractivity contribution < 1.29 is 30.0 Å². The van der Waals surface area contributed by atoms with Crippen LogP contribution < -0.4 is 5.32 Å². The second-order valence-corrected chi connectivity index (χ2v) is 5.70. The predicted molar refractivity (Wildman–Crippen MR) is 83.7 cm³/mol. The number of ether oxygens (including phenoxy) is 1. The quantitative estimate of drug-likeness (QED) is 0.379. The van der Waals surface area contributed by atoms with Crippen molar-refractivity contribution in [2.75, 3.05) is 18.5 Å². The highest BCUT2D eigenvalue weighted by molar-refractivity contribution is 5.82. The molecule has 2 aromatic heterocycles. The van der Waals surface area contributed by atoms with Gasteiger partial charge in [0.15, 0.2) is 23.2 Å². The van der Waals surface area contributed by atoms with Crippen molar-refractivity contribution in [3.05, 3.63) is 12.7 Å². The van der Waals surface area contributed by atoms with Crippen LogP contribution in [-0.4, -0.2) is 77.4 Å². The summed E-state index contributed by atoms with van der Waals surface area (Å²) in [5.74, 6) is -0.441. The van der Waals surface area contributed by atoms with Crippen molar-refractivity contribution in [1.29, 1.82) is 0 Å². The second-order valence-electron chi connectivity index (χ2n) is 5.70. The van der Waals surface area contributed by atoms with Gasteiger partial charge < -0.3 is 30.5 Å². The van der Waals surface area contributed by atoms with E-state index >= 15 is 0 Å². The van der Waals surface area contributed by atoms with Gasteiger partial charge in [-0.3, -0.25) is 9.36 Å². The summed E-state index contributed by atoms with van der Waals surface area (Å²) in [5, 5.41) is 40.9. The molecule has 0 amide bonds. The van der Waals surface area contributed by atoms with Crippen LogP contribution in [0.1, 0.15) is 19.1 Å². The summed E-state index contributed by atoms with van der Waals surface area (Å²) in [6, 6.07) is 0. The summed E-state index contributed by atoms with van der Waals surface area (Å²) in [6.07, 6.45) is -1.11. The first-order valence-corrected chi connectivity index (χ1v) is 7.78. The fraction of sp³-hybridized carbons (Fsp3) is 0.571. The Morgan fingerprint density at radius 2 is 2.08 bits per heavy atom. The lowest BCUT2D eigenvalue weighted by atomic mass is 10.1. The molecule has 1 saturated heterocycles. The van der Waals surface area contributed by atoms with E-state index in [9.17, 15) is 20.1 Å². The Balaban J connectivity index is 1.80. The molecule has 136 valence electrons. The van der Waals surface area contributed by atoms with Crippen LogP contribution in [0.4, 0.5) is 5.82 Å². The Bertz CT molecular complexity index is 752. The molecule has 1 aliphatic rings. The number of carbonyl (C=O) groups is 1. The molecule has 0 spiro atoms. The van der Waals surface area contributed by atoms with E-state index in [1.165, 1.54) is 17.2 Å². The van der Waals surface area contributed by atoms with Crippen LogP contribution in [-0.2, 0) is 9.53 Å². The van der Waals surface area contributed by atoms with E-state index in [2.05, 4.69) is 20.3 Å². The number of nitrogens with one attached hydrogen (secondary N) is 1. The number of carboxylic acid groups (broad SMARTS) is 1. The van der Waals surface area contributed by atoms with Gasteiger partial charge in [0, 0.05) is 13.0 Å². The maximum absolute atomic E-state index is 10.5. The van der Waals surface area contributed by atoms with Gasteiger partial charge in [-0.15, -0.1) is 0 Å². The summed E-state index contributed by atoms with van der Waals surface area (Å²) in [5.41, 5.74) is 0.807. The minimum atomic E-state index is -1.24. The average molecular weight is 353 g/mol. The van der Waals surface area contributed by atoms with Crippen molar-refractivity contribution in [2.45, 2.75) is 37.4 Å². The fourth-order valence-electron chi connectivity index (χ4n) is 2.72. The van der Waals surface area contributed by atoms with E-state index in [-0.39, 0.29) is 6.42 Å². The zero-order chi connectivity index (χ0) is 18.0. The smallest absolute Gasteiger partial charge is 0.303 e. The molecular weight excluding hydrogens is 334 g/mol. The van der Waals surface area contributed by atoms with Crippen molar-refractivity contribution in [3.8, 4) is 0 Å². The SMILES string of the molecule is O=C(O)CCCNc1ncnc2c1ncn2C1OC(CO)C(O)C1O. The molecule has 1 aliphatic heterocycles. The third-order valence-corrected chi connectivity index (χ3v) is 4.01. The van der Waals surface area contributed by atoms with E-state index < -0.39 is 37.1 Å². The molecule has 1 fully saturated rings.